The molecule has 0 saturated heterocycles. The molecule has 3 aromatic rings. The monoisotopic (exact) mass is 355 g/mol. The van der Waals surface area contributed by atoms with Crippen LogP contribution in [-0.4, -0.2) is 37.8 Å². The number of nitrogens with two attached hydrogens (primary N) is 1. The van der Waals surface area contributed by atoms with Gasteiger partial charge in [0.05, 0.1) is 6.10 Å². The minimum Gasteiger partial charge on any atom is -0.508 e. The molecular formula is C18H21N5O3. The first-order valence-corrected chi connectivity index (χ1v) is 8.66. The van der Waals surface area contributed by atoms with Crippen LogP contribution in [0.5, 0.6) is 5.75 Å². The third-order valence-corrected chi connectivity index (χ3v) is 5.04. The Bertz CT molecular complexity index is 1000. The number of nitrogens with zero attached hydrogens (tertiary/aromatic N) is 3. The number of methoxy groups -OCH3 is 1. The number of rotatable bonds is 3. The number of anilines is 1. The molecule has 1 aromatic carbocycles. The van der Waals surface area contributed by atoms with Crippen molar-refractivity contribution in [2.45, 2.75) is 37.8 Å². The Labute approximate surface area is 149 Å². The topological polar surface area (TPSA) is 119 Å². The largest absolute Gasteiger partial charge is 0.508 e. The fourth-order valence-electron chi connectivity index (χ4n) is 3.68. The van der Waals surface area contributed by atoms with Gasteiger partial charge in [-0.15, -0.1) is 0 Å². The van der Waals surface area contributed by atoms with Gasteiger partial charge in [0.1, 0.15) is 11.3 Å². The second-order valence-electron chi connectivity index (χ2n) is 6.65. The summed E-state index contributed by atoms with van der Waals surface area (Å²) < 4.78 is 7.10. The zero-order valence-electron chi connectivity index (χ0n) is 14.5. The van der Waals surface area contributed by atoms with Crippen LogP contribution in [0.1, 0.15) is 31.7 Å². The van der Waals surface area contributed by atoms with E-state index < -0.39 is 0 Å². The first-order chi connectivity index (χ1) is 12.6. The maximum atomic E-state index is 12.6. The molecule has 1 saturated carbocycles. The Morgan fingerprint density at radius 2 is 2.04 bits per heavy atom. The van der Waals surface area contributed by atoms with Gasteiger partial charge in [0.25, 0.3) is 0 Å². The Morgan fingerprint density at radius 1 is 1.27 bits per heavy atom. The van der Waals surface area contributed by atoms with Gasteiger partial charge in [0, 0.05) is 18.7 Å². The number of nitrogens with one attached hydrogen (secondary N) is 1. The summed E-state index contributed by atoms with van der Waals surface area (Å²) in [6.07, 6.45) is 3.74. The second kappa shape index (κ2) is 6.45. The first kappa shape index (κ1) is 16.6. The number of aromatic amines is 1. The van der Waals surface area contributed by atoms with Gasteiger partial charge < -0.3 is 20.6 Å². The van der Waals surface area contributed by atoms with Crippen LogP contribution in [0.25, 0.3) is 22.6 Å². The summed E-state index contributed by atoms with van der Waals surface area (Å²) in [6, 6.07) is 6.70. The van der Waals surface area contributed by atoms with Crippen LogP contribution < -0.4 is 11.4 Å². The molecular weight excluding hydrogens is 334 g/mol. The van der Waals surface area contributed by atoms with E-state index >= 15 is 0 Å². The van der Waals surface area contributed by atoms with Gasteiger partial charge in [0.15, 0.2) is 17.3 Å². The number of nitrogen functional groups attached to an aromatic ring is 1. The molecule has 2 heterocycles. The molecule has 0 radical (unpaired) electrons. The molecule has 136 valence electrons. The van der Waals surface area contributed by atoms with E-state index in [0.717, 1.165) is 25.7 Å². The van der Waals surface area contributed by atoms with Crippen molar-refractivity contribution in [2.24, 2.45) is 0 Å². The predicted octanol–water partition coefficient (Wildman–Crippen LogP) is 2.20. The molecule has 0 spiro atoms. The van der Waals surface area contributed by atoms with Crippen LogP contribution in [0.15, 0.2) is 29.1 Å². The zero-order chi connectivity index (χ0) is 18.3. The number of phenolic OH excluding ortho intramolecular Hbond substituents is 1. The van der Waals surface area contributed by atoms with Crippen molar-refractivity contribution in [2.75, 3.05) is 12.8 Å². The number of aromatic hydroxyl groups is 1. The molecule has 0 unspecified atom stereocenters. The Kier molecular flexibility index (Phi) is 4.12. The summed E-state index contributed by atoms with van der Waals surface area (Å²) in [7, 11) is 1.72. The van der Waals surface area contributed by atoms with Crippen LogP contribution in [0, 0.1) is 0 Å². The highest BCUT2D eigenvalue weighted by Crippen LogP contribution is 2.32. The number of hydrogen-bond donors (Lipinski definition) is 3. The van der Waals surface area contributed by atoms with Gasteiger partial charge in [-0.05, 0) is 37.8 Å². The summed E-state index contributed by atoms with van der Waals surface area (Å²) >= 11 is 0. The molecule has 4 N–H and O–H groups in total. The van der Waals surface area contributed by atoms with Gasteiger partial charge in [0.2, 0.25) is 0 Å². The zero-order valence-corrected chi connectivity index (χ0v) is 14.5. The van der Waals surface area contributed by atoms with E-state index in [4.69, 9.17) is 10.5 Å². The molecule has 1 fully saturated rings. The SMILES string of the molecule is COC1CCC(n2c(=O)[nH]c3c(N)nc(-c4cccc(O)c4)nc32)CC1. The molecule has 0 atom stereocenters. The summed E-state index contributed by atoms with van der Waals surface area (Å²) in [5.41, 5.74) is 7.44. The molecule has 4 rings (SSSR count). The molecule has 1 aliphatic rings. The molecule has 26 heavy (non-hydrogen) atoms. The molecule has 1 aliphatic carbocycles. The van der Waals surface area contributed by atoms with Crippen molar-refractivity contribution in [1.82, 2.24) is 19.5 Å². The number of H-pyrrole nitrogens is 1. The van der Waals surface area contributed by atoms with Crippen molar-refractivity contribution in [3.05, 3.63) is 34.7 Å². The lowest BCUT2D eigenvalue weighted by Gasteiger charge is -2.28. The maximum Gasteiger partial charge on any atom is 0.328 e. The van der Waals surface area contributed by atoms with Crippen molar-refractivity contribution in [3.8, 4) is 17.1 Å². The molecule has 0 bridgehead atoms. The van der Waals surface area contributed by atoms with Crippen molar-refractivity contribution < 1.29 is 9.84 Å². The first-order valence-electron chi connectivity index (χ1n) is 8.66. The standard InChI is InChI=1S/C18H21N5O3/c1-26-13-7-5-11(6-8-13)23-17-14(20-18(23)25)15(19)21-16(22-17)10-3-2-4-12(24)9-10/h2-4,9,11,13,24H,5-8H2,1H3,(H,20,25)(H2,19,21,22). The number of ether oxygens (including phenoxy) is 1. The van der Waals surface area contributed by atoms with E-state index in [2.05, 4.69) is 15.0 Å². The van der Waals surface area contributed by atoms with Crippen LogP contribution in [0.4, 0.5) is 5.82 Å². The highest BCUT2D eigenvalue weighted by atomic mass is 16.5. The van der Waals surface area contributed by atoms with Crippen molar-refractivity contribution >= 4 is 17.0 Å². The van der Waals surface area contributed by atoms with E-state index in [1.165, 1.54) is 0 Å². The average Bonchev–Trinajstić information content (AvgIpc) is 2.98. The quantitative estimate of drug-likeness (QED) is 0.663. The number of aromatic nitrogens is 4. The Hall–Kier alpha value is -2.87. The summed E-state index contributed by atoms with van der Waals surface area (Å²) in [4.78, 5) is 24.2. The summed E-state index contributed by atoms with van der Waals surface area (Å²) in [6.45, 7) is 0. The van der Waals surface area contributed by atoms with Gasteiger partial charge in [-0.25, -0.2) is 14.8 Å². The van der Waals surface area contributed by atoms with E-state index in [0.29, 0.717) is 22.6 Å². The number of phenols is 1. The average molecular weight is 355 g/mol. The van der Waals surface area contributed by atoms with E-state index in [1.807, 2.05) is 0 Å². The number of imidazole rings is 1. The van der Waals surface area contributed by atoms with E-state index in [-0.39, 0.29) is 29.4 Å². The Morgan fingerprint density at radius 3 is 2.73 bits per heavy atom. The van der Waals surface area contributed by atoms with E-state index in [9.17, 15) is 9.90 Å². The summed E-state index contributed by atoms with van der Waals surface area (Å²) in [5.74, 6) is 0.716. The van der Waals surface area contributed by atoms with Gasteiger partial charge in [-0.1, -0.05) is 12.1 Å². The van der Waals surface area contributed by atoms with Gasteiger partial charge in [-0.2, -0.15) is 0 Å². The lowest BCUT2D eigenvalue weighted by molar-refractivity contribution is 0.0585. The summed E-state index contributed by atoms with van der Waals surface area (Å²) in [5, 5.41) is 9.71. The molecule has 8 nitrogen and oxygen atoms in total. The van der Waals surface area contributed by atoms with Crippen LogP contribution in [0.3, 0.4) is 0 Å². The molecule has 2 aromatic heterocycles. The lowest BCUT2D eigenvalue weighted by atomic mass is 9.93. The maximum absolute atomic E-state index is 12.6. The number of fused-ring (bicyclic) bond motifs is 1. The molecule has 8 heteroatoms. The smallest absolute Gasteiger partial charge is 0.328 e. The predicted molar refractivity (Wildman–Crippen MR) is 98.0 cm³/mol. The van der Waals surface area contributed by atoms with Gasteiger partial charge >= 0.3 is 5.69 Å². The third kappa shape index (κ3) is 2.82. The fraction of sp³-hybridized carbons (Fsp3) is 0.389. The molecule has 0 aliphatic heterocycles. The van der Waals surface area contributed by atoms with E-state index in [1.54, 1.807) is 35.9 Å². The number of hydrogen-bond acceptors (Lipinski definition) is 6. The Balaban J connectivity index is 1.81. The fourth-order valence-corrected chi connectivity index (χ4v) is 3.68. The van der Waals surface area contributed by atoms with Crippen LogP contribution >= 0.6 is 0 Å². The lowest BCUT2D eigenvalue weighted by Crippen LogP contribution is -2.28. The van der Waals surface area contributed by atoms with Crippen LogP contribution in [0.2, 0.25) is 0 Å². The molecule has 0 amide bonds. The third-order valence-electron chi connectivity index (χ3n) is 5.04. The minimum atomic E-state index is -0.227. The second-order valence-corrected chi connectivity index (χ2v) is 6.65. The van der Waals surface area contributed by atoms with Crippen molar-refractivity contribution in [1.29, 1.82) is 0 Å². The minimum absolute atomic E-state index is 0.0500. The normalized spacial score (nSPS) is 20.5. The highest BCUT2D eigenvalue weighted by molar-refractivity contribution is 5.84. The highest BCUT2D eigenvalue weighted by Gasteiger charge is 2.26. The van der Waals surface area contributed by atoms with Crippen LogP contribution in [-0.2, 0) is 4.74 Å². The van der Waals surface area contributed by atoms with Crippen molar-refractivity contribution in [3.63, 3.8) is 0 Å². The number of benzene rings is 1. The van der Waals surface area contributed by atoms with Gasteiger partial charge in [-0.3, -0.25) is 4.57 Å².